The van der Waals surface area contributed by atoms with Crippen LogP contribution in [0.5, 0.6) is 0 Å². The maximum atomic E-state index is 13.9. The molecule has 2 atom stereocenters. The lowest BCUT2D eigenvalue weighted by Crippen LogP contribution is -2.45. The van der Waals surface area contributed by atoms with Gasteiger partial charge in [-0.05, 0) is 94.2 Å². The summed E-state index contributed by atoms with van der Waals surface area (Å²) in [6.07, 6.45) is 8.56. The van der Waals surface area contributed by atoms with Crippen molar-refractivity contribution in [1.82, 2.24) is 15.3 Å². The van der Waals surface area contributed by atoms with Crippen molar-refractivity contribution in [3.05, 3.63) is 95.8 Å². The lowest BCUT2D eigenvalue weighted by molar-refractivity contribution is -0.150. The number of carbonyl (C=O) groups excluding carboxylic acids is 3. The molecule has 1 aromatic heterocycles. The Morgan fingerprint density at radius 3 is 2.16 bits per heavy atom. The van der Waals surface area contributed by atoms with E-state index in [1.54, 1.807) is 4.90 Å². The average molecular weight is 681 g/mol. The van der Waals surface area contributed by atoms with Gasteiger partial charge in [0.15, 0.2) is 0 Å². The number of imidazole rings is 1. The molecule has 0 fully saturated rings. The van der Waals surface area contributed by atoms with Gasteiger partial charge in [-0.2, -0.15) is 0 Å². The predicted octanol–water partition coefficient (Wildman–Crippen LogP) is 8.38. The number of fused-ring (bicyclic) bond motifs is 1. The molecule has 8 nitrogen and oxygen atoms in total. The number of nitrogens with one attached hydrogen (secondary N) is 2. The summed E-state index contributed by atoms with van der Waals surface area (Å²) in [6, 6.07) is 26.0. The molecular formula is C42H56N4O4. The van der Waals surface area contributed by atoms with Crippen LogP contribution < -0.4 is 10.2 Å². The number of aryl methyl sites for hydroxylation is 3. The third-order valence-corrected chi connectivity index (χ3v) is 9.25. The smallest absolute Gasteiger partial charge is 0.308 e. The molecule has 268 valence electrons. The average Bonchev–Trinajstić information content (AvgIpc) is 3.54. The van der Waals surface area contributed by atoms with Gasteiger partial charge in [0.1, 0.15) is 5.82 Å². The van der Waals surface area contributed by atoms with Crippen molar-refractivity contribution in [3.8, 4) is 0 Å². The fraction of sp³-hybridized carbons (Fsp3) is 0.476. The van der Waals surface area contributed by atoms with Crippen molar-refractivity contribution < 1.29 is 19.1 Å². The van der Waals surface area contributed by atoms with Gasteiger partial charge in [-0.3, -0.25) is 14.4 Å². The summed E-state index contributed by atoms with van der Waals surface area (Å²) in [6.45, 7) is 8.43. The Labute approximate surface area is 298 Å². The third-order valence-electron chi connectivity index (χ3n) is 9.25. The van der Waals surface area contributed by atoms with Crippen LogP contribution in [0.3, 0.4) is 0 Å². The Morgan fingerprint density at radius 1 is 0.780 bits per heavy atom. The molecule has 0 aliphatic rings. The van der Waals surface area contributed by atoms with Crippen molar-refractivity contribution in [2.75, 3.05) is 18.1 Å². The van der Waals surface area contributed by atoms with Crippen LogP contribution in [-0.2, 0) is 38.4 Å². The van der Waals surface area contributed by atoms with E-state index < -0.39 is 11.8 Å². The van der Waals surface area contributed by atoms with Gasteiger partial charge in [0.05, 0.1) is 30.1 Å². The summed E-state index contributed by atoms with van der Waals surface area (Å²) in [7, 11) is 0. The Kier molecular flexibility index (Phi) is 15.5. The molecule has 0 bridgehead atoms. The number of aromatic nitrogens is 2. The second kappa shape index (κ2) is 20.3. The molecule has 3 aromatic carbocycles. The highest BCUT2D eigenvalue weighted by Crippen LogP contribution is 2.26. The van der Waals surface area contributed by atoms with E-state index in [2.05, 4.69) is 48.4 Å². The summed E-state index contributed by atoms with van der Waals surface area (Å²) in [5.74, 6) is -0.558. The van der Waals surface area contributed by atoms with Crippen LogP contribution in [0, 0.1) is 11.8 Å². The highest BCUT2D eigenvalue weighted by Gasteiger charge is 2.29. The Bertz CT molecular complexity index is 1580. The van der Waals surface area contributed by atoms with Crippen molar-refractivity contribution in [3.63, 3.8) is 0 Å². The van der Waals surface area contributed by atoms with Gasteiger partial charge in [0.25, 0.3) is 0 Å². The summed E-state index contributed by atoms with van der Waals surface area (Å²) in [5, 5.41) is 2.95. The van der Waals surface area contributed by atoms with Crippen molar-refractivity contribution in [1.29, 1.82) is 0 Å². The van der Waals surface area contributed by atoms with Crippen LogP contribution >= 0.6 is 0 Å². The number of para-hydroxylation sites is 3. The summed E-state index contributed by atoms with van der Waals surface area (Å²) < 4.78 is 5.73. The summed E-state index contributed by atoms with van der Waals surface area (Å²) >= 11 is 0. The first-order chi connectivity index (χ1) is 24.3. The van der Waals surface area contributed by atoms with Crippen LogP contribution in [0.2, 0.25) is 0 Å². The van der Waals surface area contributed by atoms with E-state index in [4.69, 9.17) is 9.72 Å². The van der Waals surface area contributed by atoms with Crippen LogP contribution in [0.15, 0.2) is 78.9 Å². The quantitative estimate of drug-likeness (QED) is 0.0680. The minimum absolute atomic E-state index is 0.0740. The molecule has 0 aliphatic carbocycles. The number of anilines is 1. The molecule has 0 saturated carbocycles. The monoisotopic (exact) mass is 680 g/mol. The molecule has 4 aromatic rings. The number of hydrogen-bond acceptors (Lipinski definition) is 5. The van der Waals surface area contributed by atoms with Gasteiger partial charge >= 0.3 is 5.97 Å². The second-order valence-electron chi connectivity index (χ2n) is 13.6. The second-order valence-corrected chi connectivity index (χ2v) is 13.6. The lowest BCUT2D eigenvalue weighted by Gasteiger charge is -2.28. The van der Waals surface area contributed by atoms with E-state index in [-0.39, 0.29) is 30.4 Å². The fourth-order valence-corrected chi connectivity index (χ4v) is 6.49. The number of hydrogen-bond donors (Lipinski definition) is 2. The molecule has 0 saturated heterocycles. The lowest BCUT2D eigenvalue weighted by atomic mass is 9.86. The summed E-state index contributed by atoms with van der Waals surface area (Å²) in [4.78, 5) is 50.6. The Hall–Kier alpha value is -4.46. The van der Waals surface area contributed by atoms with Crippen LogP contribution in [0.1, 0.15) is 96.0 Å². The number of ether oxygens (including phenoxy) is 1. The zero-order valence-electron chi connectivity index (χ0n) is 30.5. The topological polar surface area (TPSA) is 104 Å². The highest BCUT2D eigenvalue weighted by atomic mass is 16.5. The normalized spacial score (nSPS) is 12.5. The molecule has 2 N–H and O–H groups in total. The van der Waals surface area contributed by atoms with E-state index in [0.29, 0.717) is 32.3 Å². The standard InChI is InChI=1S/C42H56N4O4/c1-5-7-28-50-42(49)35(16-11-14-21-39-44-37-19-12-13-20-38(37)45-39)29-34(27-26-33-24-22-32(15-6-2)23-25-33)41(48)43-30-40(47)46(31(3)4)36-17-9-8-10-18-36/h8-10,12-13,17-20,22-25,31,34-35H,5-7,11,14-16,21,26-30H2,1-4H3,(H,43,48)(H,44,45)/t34-,35?/m1/s1. The largest absolute Gasteiger partial charge is 0.465 e. The van der Waals surface area contributed by atoms with Gasteiger partial charge < -0.3 is 19.9 Å². The minimum atomic E-state index is -0.457. The van der Waals surface area contributed by atoms with Crippen molar-refractivity contribution in [2.24, 2.45) is 11.8 Å². The molecule has 1 unspecified atom stereocenters. The molecule has 0 radical (unpaired) electrons. The van der Waals surface area contributed by atoms with E-state index in [1.807, 2.05) is 68.4 Å². The predicted molar refractivity (Wildman–Crippen MR) is 202 cm³/mol. The molecule has 2 amide bonds. The first-order valence-electron chi connectivity index (χ1n) is 18.6. The summed E-state index contributed by atoms with van der Waals surface area (Å²) in [5.41, 5.74) is 5.22. The molecular weight excluding hydrogens is 624 g/mol. The molecule has 4 rings (SSSR count). The number of H-pyrrole nitrogens is 1. The number of amides is 2. The number of benzene rings is 3. The Balaban J connectivity index is 1.45. The Morgan fingerprint density at radius 2 is 1.48 bits per heavy atom. The molecule has 8 heteroatoms. The van der Waals surface area contributed by atoms with Crippen LogP contribution in [0.4, 0.5) is 5.69 Å². The minimum Gasteiger partial charge on any atom is -0.465 e. The molecule has 0 spiro atoms. The van der Waals surface area contributed by atoms with Gasteiger partial charge in [0.2, 0.25) is 11.8 Å². The van der Waals surface area contributed by atoms with Crippen LogP contribution in [0.25, 0.3) is 11.0 Å². The number of aromatic amines is 1. The van der Waals surface area contributed by atoms with Crippen molar-refractivity contribution >= 4 is 34.5 Å². The van der Waals surface area contributed by atoms with Gasteiger partial charge in [-0.1, -0.05) is 87.7 Å². The number of carbonyl (C=O) groups is 3. The zero-order valence-corrected chi connectivity index (χ0v) is 30.5. The highest BCUT2D eigenvalue weighted by molar-refractivity contribution is 5.97. The first kappa shape index (κ1) is 38.3. The maximum Gasteiger partial charge on any atom is 0.308 e. The third kappa shape index (κ3) is 11.9. The van der Waals surface area contributed by atoms with E-state index in [0.717, 1.165) is 73.1 Å². The number of nitrogens with zero attached hydrogens (tertiary/aromatic N) is 2. The van der Waals surface area contributed by atoms with E-state index in [1.165, 1.54) is 5.56 Å². The molecule has 0 aliphatic heterocycles. The molecule has 50 heavy (non-hydrogen) atoms. The fourth-order valence-electron chi connectivity index (χ4n) is 6.49. The number of esters is 1. The van der Waals surface area contributed by atoms with Crippen LogP contribution in [-0.4, -0.2) is 46.9 Å². The van der Waals surface area contributed by atoms with Gasteiger partial charge in [0, 0.05) is 24.1 Å². The maximum absolute atomic E-state index is 13.9. The van der Waals surface area contributed by atoms with Crippen molar-refractivity contribution in [2.45, 2.75) is 104 Å². The SMILES string of the molecule is CCCCOC(=O)C(CCCCc1nc2ccccc2[nH]1)C[C@@H](CCc1ccc(CCC)cc1)C(=O)NCC(=O)N(c1ccccc1)C(C)C. The van der Waals surface area contributed by atoms with E-state index in [9.17, 15) is 14.4 Å². The van der Waals surface area contributed by atoms with Gasteiger partial charge in [-0.25, -0.2) is 4.98 Å². The van der Waals surface area contributed by atoms with Gasteiger partial charge in [-0.15, -0.1) is 0 Å². The molecule has 1 heterocycles. The zero-order chi connectivity index (χ0) is 35.7. The first-order valence-corrected chi connectivity index (χ1v) is 18.6. The number of unbranched alkanes of at least 4 members (excludes halogenated alkanes) is 2. The van der Waals surface area contributed by atoms with E-state index >= 15 is 0 Å². The number of rotatable bonds is 21.